The lowest BCUT2D eigenvalue weighted by atomic mass is 9.54. The highest BCUT2D eigenvalue weighted by molar-refractivity contribution is 5.74. The highest BCUT2D eigenvalue weighted by Crippen LogP contribution is 2.60. The molecule has 1 spiro atoms. The first-order chi connectivity index (χ1) is 11.7. The normalized spacial score (nSPS) is 37.4. The Bertz CT molecular complexity index is 464. The summed E-state index contributed by atoms with van der Waals surface area (Å²) < 4.78 is 6.00. The van der Waals surface area contributed by atoms with Gasteiger partial charge in [-0.05, 0) is 51.1 Å². The molecule has 0 radical (unpaired) electrons. The Morgan fingerprint density at radius 1 is 1.29 bits per heavy atom. The summed E-state index contributed by atoms with van der Waals surface area (Å²) in [7, 11) is 0. The fourth-order valence-electron chi connectivity index (χ4n) is 5.93. The number of hydrogen-bond donors (Lipinski definition) is 2. The van der Waals surface area contributed by atoms with Gasteiger partial charge in [0.15, 0.2) is 0 Å². The summed E-state index contributed by atoms with van der Waals surface area (Å²) in [6.07, 6.45) is 9.01. The Kier molecular flexibility index (Phi) is 4.74. The van der Waals surface area contributed by atoms with Crippen LogP contribution < -0.4 is 10.6 Å². The van der Waals surface area contributed by atoms with Crippen molar-refractivity contribution < 1.29 is 9.53 Å². The fourth-order valence-corrected chi connectivity index (χ4v) is 5.93. The standard InChI is InChI=1S/C19H33N3O2/c1-2-9-22-10-5-14(13-22)12-20-18(23)21-16-15-6-11-24-17(15)19(16)7-3-4-8-19/h14-17H,2-13H2,1H3,(H2,20,21,23)/t14-,15-,16-,17-/m1/s1. The van der Waals surface area contributed by atoms with E-state index in [1.807, 2.05) is 0 Å². The molecule has 136 valence electrons. The quantitative estimate of drug-likeness (QED) is 0.811. The molecular weight excluding hydrogens is 302 g/mol. The maximum atomic E-state index is 12.5. The average molecular weight is 335 g/mol. The molecule has 0 bridgehead atoms. The number of nitrogens with zero attached hydrogens (tertiary/aromatic N) is 1. The molecule has 5 nitrogen and oxygen atoms in total. The summed E-state index contributed by atoms with van der Waals surface area (Å²) in [4.78, 5) is 15.0. The number of carbonyl (C=O) groups is 1. The first-order valence-electron chi connectivity index (χ1n) is 10.1. The molecule has 2 saturated carbocycles. The van der Waals surface area contributed by atoms with Crippen molar-refractivity contribution in [2.75, 3.05) is 32.8 Å². The lowest BCUT2D eigenvalue weighted by Gasteiger charge is -2.56. The van der Waals surface area contributed by atoms with Gasteiger partial charge in [0.1, 0.15) is 0 Å². The van der Waals surface area contributed by atoms with Gasteiger partial charge in [0.05, 0.1) is 6.10 Å². The summed E-state index contributed by atoms with van der Waals surface area (Å²) in [6, 6.07) is 0.387. The van der Waals surface area contributed by atoms with Crippen molar-refractivity contribution in [2.45, 2.75) is 64.0 Å². The van der Waals surface area contributed by atoms with E-state index in [-0.39, 0.29) is 11.4 Å². The third kappa shape index (κ3) is 2.84. The molecule has 0 unspecified atom stereocenters. The second-order valence-electron chi connectivity index (χ2n) is 8.47. The van der Waals surface area contributed by atoms with Crippen LogP contribution in [0, 0.1) is 17.3 Å². The van der Waals surface area contributed by atoms with Crippen LogP contribution in [0.2, 0.25) is 0 Å². The van der Waals surface area contributed by atoms with Crippen LogP contribution in [0.25, 0.3) is 0 Å². The zero-order valence-electron chi connectivity index (χ0n) is 15.1. The molecule has 2 amide bonds. The van der Waals surface area contributed by atoms with Crippen molar-refractivity contribution in [1.82, 2.24) is 15.5 Å². The van der Waals surface area contributed by atoms with Crippen LogP contribution in [-0.4, -0.2) is 55.9 Å². The van der Waals surface area contributed by atoms with Crippen LogP contribution in [-0.2, 0) is 4.74 Å². The summed E-state index contributed by atoms with van der Waals surface area (Å²) in [6.45, 7) is 7.45. The largest absolute Gasteiger partial charge is 0.377 e. The summed E-state index contributed by atoms with van der Waals surface area (Å²) >= 11 is 0. The summed E-state index contributed by atoms with van der Waals surface area (Å²) in [5.41, 5.74) is 0.254. The van der Waals surface area contributed by atoms with E-state index in [9.17, 15) is 4.79 Å². The van der Waals surface area contributed by atoms with E-state index >= 15 is 0 Å². The smallest absolute Gasteiger partial charge is 0.315 e. The molecular formula is C19H33N3O2. The Morgan fingerprint density at radius 2 is 2.12 bits per heavy atom. The first-order valence-corrected chi connectivity index (χ1v) is 10.1. The molecule has 2 aliphatic heterocycles. The van der Waals surface area contributed by atoms with Crippen molar-refractivity contribution in [1.29, 1.82) is 0 Å². The zero-order valence-corrected chi connectivity index (χ0v) is 15.1. The highest BCUT2D eigenvalue weighted by Gasteiger charge is 2.65. The van der Waals surface area contributed by atoms with Crippen molar-refractivity contribution in [3.63, 3.8) is 0 Å². The lowest BCUT2D eigenvalue weighted by molar-refractivity contribution is -0.126. The molecule has 2 saturated heterocycles. The number of hydrogen-bond acceptors (Lipinski definition) is 3. The van der Waals surface area contributed by atoms with Gasteiger partial charge in [-0.3, -0.25) is 0 Å². The molecule has 4 fully saturated rings. The maximum Gasteiger partial charge on any atom is 0.315 e. The summed E-state index contributed by atoms with van der Waals surface area (Å²) in [5, 5.41) is 6.49. The van der Waals surface area contributed by atoms with E-state index in [0.717, 1.165) is 26.1 Å². The van der Waals surface area contributed by atoms with Gasteiger partial charge in [-0.25, -0.2) is 4.79 Å². The third-order valence-electron chi connectivity index (χ3n) is 7.03. The van der Waals surface area contributed by atoms with Crippen LogP contribution in [0.3, 0.4) is 0 Å². The zero-order chi connectivity index (χ0) is 16.6. The molecule has 0 aromatic rings. The van der Waals surface area contributed by atoms with E-state index in [1.165, 1.54) is 51.6 Å². The third-order valence-corrected chi connectivity index (χ3v) is 7.03. The highest BCUT2D eigenvalue weighted by atomic mass is 16.5. The van der Waals surface area contributed by atoms with E-state index < -0.39 is 0 Å². The number of likely N-dealkylation sites (tertiary alicyclic amines) is 1. The minimum absolute atomic E-state index is 0.0468. The van der Waals surface area contributed by atoms with Crippen molar-refractivity contribution in [3.8, 4) is 0 Å². The molecule has 4 rings (SSSR count). The SMILES string of the molecule is CCCN1CC[C@H](CNC(=O)N[C@@H]2[C@H]3CCO[C@H]3C23CCCC3)C1. The van der Waals surface area contributed by atoms with Crippen LogP contribution in [0.4, 0.5) is 4.79 Å². The van der Waals surface area contributed by atoms with Crippen LogP contribution in [0.15, 0.2) is 0 Å². The van der Waals surface area contributed by atoms with Crippen LogP contribution in [0.1, 0.15) is 51.9 Å². The molecule has 2 aliphatic carbocycles. The molecule has 5 heteroatoms. The van der Waals surface area contributed by atoms with Crippen molar-refractivity contribution >= 4 is 6.03 Å². The first kappa shape index (κ1) is 16.6. The number of nitrogens with one attached hydrogen (secondary N) is 2. The van der Waals surface area contributed by atoms with Crippen molar-refractivity contribution in [2.24, 2.45) is 17.3 Å². The number of carbonyl (C=O) groups excluding carboxylic acids is 1. The minimum Gasteiger partial charge on any atom is -0.377 e. The topological polar surface area (TPSA) is 53.6 Å². The Balaban J connectivity index is 1.26. The number of rotatable bonds is 5. The molecule has 2 heterocycles. The Hall–Kier alpha value is -0.810. The molecule has 0 aromatic carbocycles. The van der Waals surface area contributed by atoms with E-state index in [4.69, 9.17) is 4.74 Å². The van der Waals surface area contributed by atoms with E-state index in [2.05, 4.69) is 22.5 Å². The molecule has 24 heavy (non-hydrogen) atoms. The van der Waals surface area contributed by atoms with Crippen molar-refractivity contribution in [3.05, 3.63) is 0 Å². The molecule has 4 aliphatic rings. The van der Waals surface area contributed by atoms with Gasteiger partial charge < -0.3 is 20.3 Å². The Morgan fingerprint density at radius 3 is 2.92 bits per heavy atom. The number of amides is 2. The number of urea groups is 1. The Labute approximate surface area is 145 Å². The van der Waals surface area contributed by atoms with Crippen LogP contribution >= 0.6 is 0 Å². The maximum absolute atomic E-state index is 12.5. The van der Waals surface area contributed by atoms with Crippen LogP contribution in [0.5, 0.6) is 0 Å². The number of fused-ring (bicyclic) bond motifs is 2. The molecule has 2 N–H and O–H groups in total. The van der Waals surface area contributed by atoms with E-state index in [0.29, 0.717) is 24.0 Å². The van der Waals surface area contributed by atoms with Gasteiger partial charge in [0.2, 0.25) is 0 Å². The number of ether oxygens (including phenoxy) is 1. The average Bonchev–Trinajstić information content (AvgIpc) is 3.30. The van der Waals surface area contributed by atoms with Gasteiger partial charge >= 0.3 is 6.03 Å². The molecule has 0 aromatic heterocycles. The monoisotopic (exact) mass is 335 g/mol. The lowest BCUT2D eigenvalue weighted by Crippen LogP contribution is -2.69. The van der Waals surface area contributed by atoms with E-state index in [1.54, 1.807) is 0 Å². The fraction of sp³-hybridized carbons (Fsp3) is 0.947. The van der Waals surface area contributed by atoms with Gasteiger partial charge in [-0.2, -0.15) is 0 Å². The predicted octanol–water partition coefficient (Wildman–Crippen LogP) is 2.37. The molecule has 4 atom stereocenters. The van der Waals surface area contributed by atoms with Gasteiger partial charge in [-0.15, -0.1) is 0 Å². The predicted molar refractivity (Wildman–Crippen MR) is 93.9 cm³/mol. The van der Waals surface area contributed by atoms with Gasteiger partial charge in [0.25, 0.3) is 0 Å². The minimum atomic E-state index is 0.0468. The second kappa shape index (κ2) is 6.83. The second-order valence-corrected chi connectivity index (χ2v) is 8.47. The summed E-state index contributed by atoms with van der Waals surface area (Å²) in [5.74, 6) is 1.17. The van der Waals surface area contributed by atoms with Gasteiger partial charge in [0, 0.05) is 37.1 Å². The van der Waals surface area contributed by atoms with Gasteiger partial charge in [-0.1, -0.05) is 19.8 Å².